The molecule has 0 amide bonds. The first kappa shape index (κ1) is 52.9. The molecule has 9 fully saturated rings. The molecule has 12 nitrogen and oxygen atoms in total. The number of carbonyl (C=O) groups excluding carboxylic acids is 4. The first-order valence-corrected chi connectivity index (χ1v) is 24.3. The van der Waals surface area contributed by atoms with E-state index in [9.17, 15) is 34.2 Å². The Morgan fingerprint density at radius 1 is 0.603 bits per heavy atom. The second-order valence-electron chi connectivity index (χ2n) is 24.2. The first-order valence-electron chi connectivity index (χ1n) is 24.3. The molecule has 0 radical (unpaired) electrons. The molecule has 0 aromatic carbocycles. The Morgan fingerprint density at radius 3 is 1.40 bits per heavy atom. The van der Waals surface area contributed by atoms with Crippen LogP contribution in [0.3, 0.4) is 0 Å². The van der Waals surface area contributed by atoms with Crippen molar-refractivity contribution in [3.63, 3.8) is 0 Å². The van der Waals surface area contributed by atoms with Gasteiger partial charge in [-0.2, -0.15) is 0 Å². The van der Waals surface area contributed by atoms with E-state index >= 15 is 0 Å². The predicted octanol–water partition coefficient (Wildman–Crippen LogP) is 9.91. The molecular formula is C51H86O12. The lowest BCUT2D eigenvalue weighted by Gasteiger charge is -2.62. The quantitative estimate of drug-likeness (QED) is 0.125. The van der Waals surface area contributed by atoms with Crippen LogP contribution in [-0.4, -0.2) is 80.3 Å². The number of carbonyl (C=O) groups is 5. The van der Waals surface area contributed by atoms with Crippen molar-refractivity contribution in [1.82, 2.24) is 0 Å². The van der Waals surface area contributed by atoms with Crippen LogP contribution in [-0.2, 0) is 42.9 Å². The zero-order valence-electron chi connectivity index (χ0n) is 41.6. The van der Waals surface area contributed by atoms with E-state index < -0.39 is 51.1 Å². The summed E-state index contributed by atoms with van der Waals surface area (Å²) in [4.78, 5) is 57.8. The highest BCUT2D eigenvalue weighted by atomic mass is 16.6. The molecule has 0 spiro atoms. The molecule has 362 valence electrons. The number of aliphatic hydroxyl groups is 2. The van der Waals surface area contributed by atoms with Crippen molar-refractivity contribution in [2.45, 2.75) is 235 Å². The van der Waals surface area contributed by atoms with Gasteiger partial charge in [0.05, 0.1) is 39.5 Å². The van der Waals surface area contributed by atoms with Crippen LogP contribution in [0, 0.1) is 50.7 Å². The van der Waals surface area contributed by atoms with E-state index in [1.54, 1.807) is 27.7 Å². The molecule has 1 heterocycles. The minimum atomic E-state index is -0.842. The molecule has 1 saturated heterocycles. The van der Waals surface area contributed by atoms with Crippen molar-refractivity contribution in [2.75, 3.05) is 6.61 Å². The molecular weight excluding hydrogens is 805 g/mol. The Labute approximate surface area is 379 Å². The van der Waals surface area contributed by atoms with Crippen molar-refractivity contribution in [1.29, 1.82) is 0 Å². The molecule has 8 aliphatic carbocycles. The number of hydrogen-bond acceptors (Lipinski definition) is 11. The van der Waals surface area contributed by atoms with Crippen LogP contribution in [0.1, 0.15) is 206 Å². The average Bonchev–Trinajstić information content (AvgIpc) is 3.56. The second-order valence-corrected chi connectivity index (χ2v) is 24.2. The number of cyclic esters (lactones) is 1. The Bertz CT molecular complexity index is 1620. The summed E-state index contributed by atoms with van der Waals surface area (Å²) in [6, 6.07) is 0. The number of carboxylic acid groups (broad SMARTS) is 1. The van der Waals surface area contributed by atoms with Crippen molar-refractivity contribution in [3.05, 3.63) is 0 Å². The summed E-state index contributed by atoms with van der Waals surface area (Å²) in [6.07, 6.45) is 14.6. The van der Waals surface area contributed by atoms with Gasteiger partial charge in [0.25, 0.3) is 0 Å². The summed E-state index contributed by atoms with van der Waals surface area (Å²) < 4.78 is 21.8. The van der Waals surface area contributed by atoms with Crippen LogP contribution in [0.5, 0.6) is 0 Å². The summed E-state index contributed by atoms with van der Waals surface area (Å²) >= 11 is 0. The molecule has 0 aromatic rings. The first-order chi connectivity index (χ1) is 28.7. The monoisotopic (exact) mass is 891 g/mol. The fraction of sp³-hybridized carbons (Fsp3) is 0.902. The highest BCUT2D eigenvalue weighted by molar-refractivity contribution is 5.82. The van der Waals surface area contributed by atoms with E-state index in [1.165, 1.54) is 38.5 Å². The van der Waals surface area contributed by atoms with E-state index in [2.05, 4.69) is 20.8 Å². The maximum atomic E-state index is 12.6. The highest BCUT2D eigenvalue weighted by Gasteiger charge is 2.65. The molecule has 3 atom stereocenters. The summed E-state index contributed by atoms with van der Waals surface area (Å²) in [5.41, 5.74) is -4.33. The number of carboxylic acids is 1. The van der Waals surface area contributed by atoms with E-state index in [0.29, 0.717) is 45.1 Å². The maximum absolute atomic E-state index is 12.6. The third-order valence-corrected chi connectivity index (χ3v) is 16.8. The largest absolute Gasteiger partial charge is 0.481 e. The molecule has 3 N–H and O–H groups in total. The SMILES string of the molecule is CCC(C)(C)C(=O)O.CCC(C)(C)C(=O)OC(C)(C)C12CC3CC(CC(C3)C1)C2.CCC(C)(C)C(=O)OC12CC3CC(O)(CC(O)(C3)C1)C2.CCC(C)(C)C(=O)OC1CCOC1=O. The molecule has 9 rings (SSSR count). The number of ether oxygens (including phenoxy) is 4. The van der Waals surface area contributed by atoms with Gasteiger partial charge in [0.1, 0.15) is 11.2 Å². The normalized spacial score (nSPS) is 34.0. The Hall–Kier alpha value is -2.73. The van der Waals surface area contributed by atoms with Crippen LogP contribution in [0.25, 0.3) is 0 Å². The van der Waals surface area contributed by atoms with E-state index in [1.807, 2.05) is 48.5 Å². The molecule has 63 heavy (non-hydrogen) atoms. The van der Waals surface area contributed by atoms with Crippen LogP contribution in [0.15, 0.2) is 0 Å². The molecule has 12 heteroatoms. The van der Waals surface area contributed by atoms with Gasteiger partial charge in [-0.3, -0.25) is 19.2 Å². The number of hydrogen-bond donors (Lipinski definition) is 3. The smallest absolute Gasteiger partial charge is 0.347 e. The minimum absolute atomic E-state index is 0.00857. The lowest BCUT2D eigenvalue weighted by Crippen LogP contribution is -2.67. The van der Waals surface area contributed by atoms with Gasteiger partial charge in [0.2, 0.25) is 6.10 Å². The van der Waals surface area contributed by atoms with Crippen LogP contribution in [0.2, 0.25) is 0 Å². The maximum Gasteiger partial charge on any atom is 0.347 e. The minimum Gasteiger partial charge on any atom is -0.481 e. The van der Waals surface area contributed by atoms with Gasteiger partial charge in [-0.1, -0.05) is 27.7 Å². The second kappa shape index (κ2) is 18.9. The molecule has 3 unspecified atom stereocenters. The average molecular weight is 891 g/mol. The predicted molar refractivity (Wildman–Crippen MR) is 240 cm³/mol. The zero-order chi connectivity index (χ0) is 47.8. The van der Waals surface area contributed by atoms with E-state index in [4.69, 9.17) is 24.1 Å². The lowest BCUT2D eigenvalue weighted by molar-refractivity contribution is -0.264. The van der Waals surface area contributed by atoms with Crippen molar-refractivity contribution >= 4 is 29.8 Å². The molecule has 8 bridgehead atoms. The summed E-state index contributed by atoms with van der Waals surface area (Å²) in [7, 11) is 0. The number of aliphatic carboxylic acids is 1. The van der Waals surface area contributed by atoms with Gasteiger partial charge in [-0.05, 0) is 176 Å². The number of rotatable bonds is 12. The Kier molecular flexibility index (Phi) is 15.8. The lowest BCUT2D eigenvalue weighted by atomic mass is 9.46. The zero-order valence-corrected chi connectivity index (χ0v) is 41.6. The van der Waals surface area contributed by atoms with E-state index in [-0.39, 0.29) is 40.3 Å². The van der Waals surface area contributed by atoms with Crippen molar-refractivity contribution in [3.8, 4) is 0 Å². The topological polar surface area (TPSA) is 183 Å². The van der Waals surface area contributed by atoms with Gasteiger partial charge >= 0.3 is 29.8 Å². The van der Waals surface area contributed by atoms with Crippen LogP contribution in [0.4, 0.5) is 0 Å². The van der Waals surface area contributed by atoms with Gasteiger partial charge in [0, 0.05) is 31.1 Å². The summed E-state index contributed by atoms with van der Waals surface area (Å²) in [5, 5.41) is 29.8. The molecule has 0 aromatic heterocycles. The fourth-order valence-electron chi connectivity index (χ4n) is 11.5. The Morgan fingerprint density at radius 2 is 1.03 bits per heavy atom. The van der Waals surface area contributed by atoms with Crippen molar-refractivity contribution in [2.24, 2.45) is 50.7 Å². The summed E-state index contributed by atoms with van der Waals surface area (Å²) in [6.45, 7) is 27.4. The third-order valence-electron chi connectivity index (χ3n) is 16.8. The standard InChI is InChI=1S/C19H32O2.C16H26O4.C10H16O4.C6H12O2/c1-6-17(2,3)16(20)21-18(4,5)19-10-13-7-14(11-19)9-15(8-13)12-19;1-4-13(2,3)12(17)20-16-7-11-5-14(18,9-16)8-15(19,6-11)10-16;1-4-10(2,3)9(12)14-7-5-6-13-8(7)11;1-4-6(2,3)5(7)8/h13-15H,6-12H2,1-5H3;11,18-19H,4-10H2,1-3H3;7H,4-6H2,1-3H3;4H2,1-3H3,(H,7,8). The summed E-state index contributed by atoms with van der Waals surface area (Å²) in [5.74, 6) is 1.28. The fourth-order valence-corrected chi connectivity index (χ4v) is 11.5. The van der Waals surface area contributed by atoms with Gasteiger partial charge in [0.15, 0.2) is 0 Å². The highest BCUT2D eigenvalue weighted by Crippen LogP contribution is 2.65. The molecule has 1 aliphatic heterocycles. The van der Waals surface area contributed by atoms with Crippen LogP contribution >= 0.6 is 0 Å². The van der Waals surface area contributed by atoms with Crippen molar-refractivity contribution < 1.29 is 58.2 Å². The Balaban J connectivity index is 0.000000194. The molecule has 8 saturated carbocycles. The number of esters is 4. The third kappa shape index (κ3) is 12.2. The van der Waals surface area contributed by atoms with Crippen LogP contribution < -0.4 is 0 Å². The van der Waals surface area contributed by atoms with Gasteiger partial charge < -0.3 is 34.3 Å². The molecule has 9 aliphatic rings. The van der Waals surface area contributed by atoms with E-state index in [0.717, 1.165) is 49.9 Å². The van der Waals surface area contributed by atoms with Gasteiger partial charge in [-0.25, -0.2) is 4.79 Å². The van der Waals surface area contributed by atoms with Gasteiger partial charge in [-0.15, -0.1) is 0 Å².